The largest absolute Gasteiger partial charge is 0.494 e. The number of nitrogens with one attached hydrogen (secondary N) is 1. The second-order valence-corrected chi connectivity index (χ2v) is 4.90. The standard InChI is InChI=1S/C18H19NO4/c1-3-22-15-10-8-14(9-11-15)18(21)23-12-17(20)19-16-7-5-4-6-13(16)2/h4-11H,3,12H2,1-2H3,(H,19,20). The Hall–Kier alpha value is -2.82. The van der Waals surface area contributed by atoms with Crippen molar-refractivity contribution in [2.24, 2.45) is 0 Å². The van der Waals surface area contributed by atoms with E-state index in [4.69, 9.17) is 9.47 Å². The third-order valence-corrected chi connectivity index (χ3v) is 3.15. The summed E-state index contributed by atoms with van der Waals surface area (Å²) in [7, 11) is 0. The van der Waals surface area contributed by atoms with Crippen LogP contribution in [0.4, 0.5) is 5.69 Å². The van der Waals surface area contributed by atoms with Crippen molar-refractivity contribution in [3.8, 4) is 5.75 Å². The molecule has 0 radical (unpaired) electrons. The van der Waals surface area contributed by atoms with Crippen molar-refractivity contribution in [2.75, 3.05) is 18.5 Å². The lowest BCUT2D eigenvalue weighted by atomic mass is 10.2. The highest BCUT2D eigenvalue weighted by Gasteiger charge is 2.11. The first kappa shape index (κ1) is 16.5. The number of carbonyl (C=O) groups excluding carboxylic acids is 2. The summed E-state index contributed by atoms with van der Waals surface area (Å²) in [6, 6.07) is 14.0. The average molecular weight is 313 g/mol. The Morgan fingerprint density at radius 2 is 1.74 bits per heavy atom. The summed E-state index contributed by atoms with van der Waals surface area (Å²) in [5.74, 6) is -0.243. The van der Waals surface area contributed by atoms with Crippen LogP contribution < -0.4 is 10.1 Å². The van der Waals surface area contributed by atoms with Gasteiger partial charge in [-0.15, -0.1) is 0 Å². The molecule has 0 saturated carbocycles. The zero-order chi connectivity index (χ0) is 16.7. The first-order chi connectivity index (χ1) is 11.1. The number of ether oxygens (including phenoxy) is 2. The van der Waals surface area contributed by atoms with Crippen LogP contribution in [0.5, 0.6) is 5.75 Å². The maximum absolute atomic E-state index is 11.9. The van der Waals surface area contributed by atoms with E-state index in [1.54, 1.807) is 30.3 Å². The van der Waals surface area contributed by atoms with E-state index in [1.165, 1.54) is 0 Å². The van der Waals surface area contributed by atoms with Crippen molar-refractivity contribution in [3.05, 3.63) is 59.7 Å². The zero-order valence-corrected chi connectivity index (χ0v) is 13.2. The Morgan fingerprint density at radius 3 is 2.39 bits per heavy atom. The van der Waals surface area contributed by atoms with Gasteiger partial charge >= 0.3 is 5.97 Å². The quantitative estimate of drug-likeness (QED) is 0.832. The van der Waals surface area contributed by atoms with Crippen molar-refractivity contribution in [2.45, 2.75) is 13.8 Å². The fraction of sp³-hybridized carbons (Fsp3) is 0.222. The summed E-state index contributed by atoms with van der Waals surface area (Å²) in [4.78, 5) is 23.7. The average Bonchev–Trinajstić information content (AvgIpc) is 2.56. The molecule has 1 amide bonds. The molecule has 0 aliphatic carbocycles. The number of hydrogen-bond acceptors (Lipinski definition) is 4. The molecule has 2 aromatic carbocycles. The third kappa shape index (κ3) is 4.85. The van der Waals surface area contributed by atoms with Gasteiger partial charge in [0.1, 0.15) is 5.75 Å². The molecule has 0 atom stereocenters. The van der Waals surface area contributed by atoms with Gasteiger partial charge in [-0.1, -0.05) is 18.2 Å². The van der Waals surface area contributed by atoms with Gasteiger partial charge in [-0.3, -0.25) is 4.79 Å². The summed E-state index contributed by atoms with van der Waals surface area (Å²) < 4.78 is 10.3. The molecule has 0 unspecified atom stereocenters. The van der Waals surface area contributed by atoms with E-state index in [9.17, 15) is 9.59 Å². The lowest BCUT2D eigenvalue weighted by Crippen LogP contribution is -2.21. The van der Waals surface area contributed by atoms with Crippen LogP contribution in [0.1, 0.15) is 22.8 Å². The molecule has 5 heteroatoms. The van der Waals surface area contributed by atoms with Crippen molar-refractivity contribution >= 4 is 17.6 Å². The van der Waals surface area contributed by atoms with Crippen LogP contribution in [0.3, 0.4) is 0 Å². The molecular formula is C18H19NO4. The Labute approximate surface area is 135 Å². The third-order valence-electron chi connectivity index (χ3n) is 3.15. The van der Waals surface area contributed by atoms with Crippen LogP contribution >= 0.6 is 0 Å². The van der Waals surface area contributed by atoms with Crippen LogP contribution in [0.25, 0.3) is 0 Å². The predicted molar refractivity (Wildman–Crippen MR) is 87.7 cm³/mol. The fourth-order valence-electron chi connectivity index (χ4n) is 1.97. The first-order valence-corrected chi connectivity index (χ1v) is 7.35. The lowest BCUT2D eigenvalue weighted by Gasteiger charge is -2.09. The maximum atomic E-state index is 11.9. The van der Waals surface area contributed by atoms with E-state index in [1.807, 2.05) is 32.0 Å². The Morgan fingerprint density at radius 1 is 1.04 bits per heavy atom. The van der Waals surface area contributed by atoms with E-state index in [-0.39, 0.29) is 12.5 Å². The minimum Gasteiger partial charge on any atom is -0.494 e. The molecule has 5 nitrogen and oxygen atoms in total. The molecule has 1 N–H and O–H groups in total. The van der Waals surface area contributed by atoms with E-state index < -0.39 is 5.97 Å². The summed E-state index contributed by atoms with van der Waals surface area (Å²) in [5, 5.41) is 2.71. The van der Waals surface area contributed by atoms with Gasteiger partial charge in [-0.25, -0.2) is 4.79 Å². The Bertz CT molecular complexity index is 680. The predicted octanol–water partition coefficient (Wildman–Crippen LogP) is 3.19. The molecule has 0 aliphatic rings. The second-order valence-electron chi connectivity index (χ2n) is 4.90. The molecule has 2 aromatic rings. The van der Waals surface area contributed by atoms with Crippen molar-refractivity contribution in [1.82, 2.24) is 0 Å². The summed E-state index contributed by atoms with van der Waals surface area (Å²) >= 11 is 0. The van der Waals surface area contributed by atoms with E-state index in [0.29, 0.717) is 23.6 Å². The van der Waals surface area contributed by atoms with Crippen LogP contribution in [-0.2, 0) is 9.53 Å². The molecule has 23 heavy (non-hydrogen) atoms. The number of hydrogen-bond donors (Lipinski definition) is 1. The second kappa shape index (κ2) is 7.98. The molecule has 0 saturated heterocycles. The minimum absolute atomic E-state index is 0.333. The van der Waals surface area contributed by atoms with Crippen molar-refractivity contribution in [1.29, 1.82) is 0 Å². The Kier molecular flexibility index (Phi) is 5.74. The number of carbonyl (C=O) groups is 2. The van der Waals surface area contributed by atoms with Crippen LogP contribution in [0.15, 0.2) is 48.5 Å². The molecule has 0 spiro atoms. The summed E-state index contributed by atoms with van der Waals surface area (Å²) in [6.45, 7) is 4.00. The van der Waals surface area contributed by atoms with Gasteiger partial charge in [-0.05, 0) is 49.7 Å². The van der Waals surface area contributed by atoms with E-state index in [2.05, 4.69) is 5.32 Å². The molecule has 0 aromatic heterocycles. The van der Waals surface area contributed by atoms with Gasteiger partial charge in [0.15, 0.2) is 6.61 Å². The summed E-state index contributed by atoms with van der Waals surface area (Å²) in [6.07, 6.45) is 0. The number of amides is 1. The fourth-order valence-corrected chi connectivity index (χ4v) is 1.97. The number of esters is 1. The summed E-state index contributed by atoms with van der Waals surface area (Å²) in [5.41, 5.74) is 2.02. The van der Waals surface area contributed by atoms with Crippen LogP contribution in [-0.4, -0.2) is 25.1 Å². The normalized spacial score (nSPS) is 10.0. The van der Waals surface area contributed by atoms with Gasteiger partial charge in [0, 0.05) is 5.69 Å². The highest BCUT2D eigenvalue weighted by Crippen LogP contribution is 2.14. The smallest absolute Gasteiger partial charge is 0.338 e. The highest BCUT2D eigenvalue weighted by molar-refractivity contribution is 5.95. The number of rotatable bonds is 6. The number of benzene rings is 2. The maximum Gasteiger partial charge on any atom is 0.338 e. The number of aryl methyl sites for hydroxylation is 1. The van der Waals surface area contributed by atoms with Gasteiger partial charge in [-0.2, -0.15) is 0 Å². The molecule has 2 rings (SSSR count). The monoisotopic (exact) mass is 313 g/mol. The zero-order valence-electron chi connectivity index (χ0n) is 13.2. The van der Waals surface area contributed by atoms with Crippen LogP contribution in [0, 0.1) is 6.92 Å². The number of anilines is 1. The molecule has 0 fully saturated rings. The van der Waals surface area contributed by atoms with Crippen LogP contribution in [0.2, 0.25) is 0 Å². The van der Waals surface area contributed by atoms with Gasteiger partial charge < -0.3 is 14.8 Å². The van der Waals surface area contributed by atoms with Crippen molar-refractivity contribution < 1.29 is 19.1 Å². The van der Waals surface area contributed by atoms with E-state index >= 15 is 0 Å². The molecule has 120 valence electrons. The minimum atomic E-state index is -0.548. The topological polar surface area (TPSA) is 64.6 Å². The SMILES string of the molecule is CCOc1ccc(C(=O)OCC(=O)Nc2ccccc2C)cc1. The molecule has 0 heterocycles. The van der Waals surface area contributed by atoms with Gasteiger partial charge in [0.05, 0.1) is 12.2 Å². The Balaban J connectivity index is 1.86. The highest BCUT2D eigenvalue weighted by atomic mass is 16.5. The van der Waals surface area contributed by atoms with Crippen molar-refractivity contribution in [3.63, 3.8) is 0 Å². The van der Waals surface area contributed by atoms with Gasteiger partial charge in [0.25, 0.3) is 5.91 Å². The van der Waals surface area contributed by atoms with Gasteiger partial charge in [0.2, 0.25) is 0 Å². The molecule has 0 bridgehead atoms. The first-order valence-electron chi connectivity index (χ1n) is 7.35. The molecule has 0 aliphatic heterocycles. The lowest BCUT2D eigenvalue weighted by molar-refractivity contribution is -0.119. The van der Waals surface area contributed by atoms with E-state index in [0.717, 1.165) is 5.56 Å². The molecular weight excluding hydrogens is 294 g/mol. The number of para-hydroxylation sites is 1.